The minimum Gasteiger partial charge on any atom is -0.439 e. The zero-order chi connectivity index (χ0) is 16.8. The lowest BCUT2D eigenvalue weighted by molar-refractivity contribution is 0.315. The minimum absolute atomic E-state index is 0.344. The molecule has 126 valence electrons. The minimum atomic E-state index is -0.344. The van der Waals surface area contributed by atoms with E-state index in [1.165, 1.54) is 31.4 Å². The molecule has 0 radical (unpaired) electrons. The van der Waals surface area contributed by atoms with Crippen LogP contribution in [-0.2, 0) is 6.54 Å². The molecule has 0 aliphatic heterocycles. The van der Waals surface area contributed by atoms with Crippen molar-refractivity contribution < 1.29 is 9.13 Å². The van der Waals surface area contributed by atoms with E-state index >= 15 is 0 Å². The van der Waals surface area contributed by atoms with Crippen LogP contribution in [0.1, 0.15) is 24.8 Å². The summed E-state index contributed by atoms with van der Waals surface area (Å²) in [5.74, 6) is 1.67. The van der Waals surface area contributed by atoms with Gasteiger partial charge in [0.15, 0.2) is 5.96 Å². The van der Waals surface area contributed by atoms with Crippen LogP contribution in [0.5, 0.6) is 11.6 Å². The standard InChI is InChI=1S/C18H21FN4O/c19-15-5-2-6-16(9-15)24-17-8-7-14(11-21-17)12-23-18(20)22-10-13-3-1-4-13/h2,5-9,11,13H,1,3-4,10,12H2,(H3,20,22,23). The average Bonchev–Trinajstić information content (AvgIpc) is 2.53. The Hall–Kier alpha value is -2.63. The molecule has 1 aromatic heterocycles. The van der Waals surface area contributed by atoms with Gasteiger partial charge in [-0.15, -0.1) is 0 Å². The van der Waals surface area contributed by atoms with Crippen molar-refractivity contribution in [2.75, 3.05) is 6.54 Å². The van der Waals surface area contributed by atoms with Gasteiger partial charge in [0.2, 0.25) is 5.88 Å². The number of nitrogens with one attached hydrogen (secondary N) is 1. The third-order valence-electron chi connectivity index (χ3n) is 4.04. The van der Waals surface area contributed by atoms with E-state index in [0.29, 0.717) is 24.1 Å². The molecule has 0 amide bonds. The maximum Gasteiger partial charge on any atom is 0.219 e. The summed E-state index contributed by atoms with van der Waals surface area (Å²) in [6, 6.07) is 9.54. The topological polar surface area (TPSA) is 72.5 Å². The highest BCUT2D eigenvalue weighted by Gasteiger charge is 2.16. The van der Waals surface area contributed by atoms with E-state index < -0.39 is 0 Å². The third kappa shape index (κ3) is 4.68. The van der Waals surface area contributed by atoms with E-state index in [0.717, 1.165) is 18.0 Å². The summed E-state index contributed by atoms with van der Waals surface area (Å²) < 4.78 is 18.6. The van der Waals surface area contributed by atoms with Gasteiger partial charge in [-0.3, -0.25) is 0 Å². The second-order valence-corrected chi connectivity index (χ2v) is 5.94. The van der Waals surface area contributed by atoms with E-state index in [4.69, 9.17) is 10.5 Å². The van der Waals surface area contributed by atoms with Crippen molar-refractivity contribution in [2.45, 2.75) is 25.8 Å². The van der Waals surface area contributed by atoms with Gasteiger partial charge in [0.25, 0.3) is 0 Å². The first-order chi connectivity index (χ1) is 11.7. The van der Waals surface area contributed by atoms with Crippen molar-refractivity contribution >= 4 is 5.96 Å². The van der Waals surface area contributed by atoms with Gasteiger partial charge in [-0.25, -0.2) is 14.4 Å². The fourth-order valence-electron chi connectivity index (χ4n) is 2.39. The van der Waals surface area contributed by atoms with Crippen LogP contribution in [0, 0.1) is 11.7 Å². The number of rotatable bonds is 6. The maximum absolute atomic E-state index is 13.1. The maximum atomic E-state index is 13.1. The van der Waals surface area contributed by atoms with E-state index in [2.05, 4.69) is 15.3 Å². The summed E-state index contributed by atoms with van der Waals surface area (Å²) in [6.45, 7) is 1.35. The largest absolute Gasteiger partial charge is 0.439 e. The van der Waals surface area contributed by atoms with Crippen molar-refractivity contribution in [1.82, 2.24) is 10.3 Å². The molecule has 1 fully saturated rings. The summed E-state index contributed by atoms with van der Waals surface area (Å²) in [6.07, 6.45) is 5.55. The van der Waals surface area contributed by atoms with Crippen LogP contribution in [-0.4, -0.2) is 17.5 Å². The Morgan fingerprint density at radius 1 is 1.33 bits per heavy atom. The molecule has 1 aromatic carbocycles. The molecule has 0 bridgehead atoms. The molecule has 2 aromatic rings. The van der Waals surface area contributed by atoms with Crippen molar-refractivity contribution in [3.8, 4) is 11.6 Å². The number of guanidine groups is 1. The van der Waals surface area contributed by atoms with E-state index in [1.807, 2.05) is 6.07 Å². The summed E-state index contributed by atoms with van der Waals surface area (Å²) in [4.78, 5) is 8.51. The summed E-state index contributed by atoms with van der Waals surface area (Å²) in [5.41, 5.74) is 6.78. The molecule has 3 N–H and O–H groups in total. The average molecular weight is 328 g/mol. The van der Waals surface area contributed by atoms with Crippen molar-refractivity contribution in [3.63, 3.8) is 0 Å². The zero-order valence-corrected chi connectivity index (χ0v) is 13.4. The number of nitrogens with two attached hydrogens (primary N) is 1. The Morgan fingerprint density at radius 3 is 2.88 bits per heavy atom. The lowest BCUT2D eigenvalue weighted by Crippen LogP contribution is -2.37. The van der Waals surface area contributed by atoms with Crippen LogP contribution in [0.15, 0.2) is 47.6 Å². The zero-order valence-electron chi connectivity index (χ0n) is 13.4. The van der Waals surface area contributed by atoms with Gasteiger partial charge in [-0.05, 0) is 36.5 Å². The summed E-state index contributed by atoms with van der Waals surface area (Å²) >= 11 is 0. The van der Waals surface area contributed by atoms with Crippen LogP contribution in [0.25, 0.3) is 0 Å². The summed E-state index contributed by atoms with van der Waals surface area (Å²) in [7, 11) is 0. The Bertz CT molecular complexity index is 698. The van der Waals surface area contributed by atoms with Gasteiger partial charge < -0.3 is 15.8 Å². The van der Waals surface area contributed by atoms with Crippen LogP contribution in [0.4, 0.5) is 4.39 Å². The molecule has 1 saturated carbocycles. The molecule has 0 spiro atoms. The molecule has 1 aliphatic rings. The molecular formula is C18H21FN4O. The molecule has 6 heteroatoms. The second kappa shape index (κ2) is 7.77. The predicted molar refractivity (Wildman–Crippen MR) is 91.4 cm³/mol. The van der Waals surface area contributed by atoms with Crippen molar-refractivity contribution in [1.29, 1.82) is 0 Å². The Balaban J connectivity index is 1.50. The molecule has 5 nitrogen and oxygen atoms in total. The lowest BCUT2D eigenvalue weighted by atomic mass is 9.85. The molecule has 1 aliphatic carbocycles. The lowest BCUT2D eigenvalue weighted by Gasteiger charge is -2.25. The molecule has 0 unspecified atom stereocenters. The number of aliphatic imine (C=N–C) groups is 1. The van der Waals surface area contributed by atoms with Crippen molar-refractivity contribution in [3.05, 3.63) is 54.0 Å². The molecule has 0 saturated heterocycles. The molecule has 0 atom stereocenters. The fourth-order valence-corrected chi connectivity index (χ4v) is 2.39. The van der Waals surface area contributed by atoms with Gasteiger partial charge >= 0.3 is 0 Å². The second-order valence-electron chi connectivity index (χ2n) is 5.94. The Labute approximate surface area is 140 Å². The molecular weight excluding hydrogens is 307 g/mol. The number of hydrogen-bond donors (Lipinski definition) is 2. The van der Waals surface area contributed by atoms with E-state index in [1.54, 1.807) is 24.4 Å². The number of benzene rings is 1. The van der Waals surface area contributed by atoms with Gasteiger partial charge in [0, 0.05) is 24.9 Å². The predicted octanol–water partition coefficient (Wildman–Crippen LogP) is 3.22. The normalized spacial score (nSPS) is 15.0. The third-order valence-corrected chi connectivity index (χ3v) is 4.04. The molecule has 3 rings (SSSR count). The van der Waals surface area contributed by atoms with Gasteiger partial charge in [-0.1, -0.05) is 18.6 Å². The number of halogens is 1. The fraction of sp³-hybridized carbons (Fsp3) is 0.333. The molecule has 1 heterocycles. The SMILES string of the molecule is NC(=NCc1ccc(Oc2cccc(F)c2)nc1)NCC1CCC1. The number of nitrogens with zero attached hydrogens (tertiary/aromatic N) is 2. The smallest absolute Gasteiger partial charge is 0.219 e. The summed E-state index contributed by atoms with van der Waals surface area (Å²) in [5, 5.41) is 3.15. The first-order valence-corrected chi connectivity index (χ1v) is 8.11. The quantitative estimate of drug-likeness (QED) is 0.631. The van der Waals surface area contributed by atoms with E-state index in [9.17, 15) is 4.39 Å². The van der Waals surface area contributed by atoms with Crippen LogP contribution in [0.2, 0.25) is 0 Å². The number of aromatic nitrogens is 1. The van der Waals surface area contributed by atoms with Gasteiger partial charge in [0.1, 0.15) is 11.6 Å². The van der Waals surface area contributed by atoms with Crippen LogP contribution >= 0.6 is 0 Å². The Kier molecular flexibility index (Phi) is 5.25. The molecule has 24 heavy (non-hydrogen) atoms. The van der Waals surface area contributed by atoms with Crippen molar-refractivity contribution in [2.24, 2.45) is 16.6 Å². The monoisotopic (exact) mass is 328 g/mol. The first-order valence-electron chi connectivity index (χ1n) is 8.11. The first kappa shape index (κ1) is 16.2. The number of pyridine rings is 1. The number of hydrogen-bond acceptors (Lipinski definition) is 3. The highest BCUT2D eigenvalue weighted by Crippen LogP contribution is 2.25. The van der Waals surface area contributed by atoms with Crippen LogP contribution in [0.3, 0.4) is 0 Å². The highest BCUT2D eigenvalue weighted by atomic mass is 19.1. The number of ether oxygens (including phenoxy) is 1. The highest BCUT2D eigenvalue weighted by molar-refractivity contribution is 5.77. The van der Waals surface area contributed by atoms with E-state index in [-0.39, 0.29) is 5.82 Å². The van der Waals surface area contributed by atoms with Gasteiger partial charge in [0.05, 0.1) is 6.54 Å². The van der Waals surface area contributed by atoms with Crippen LogP contribution < -0.4 is 15.8 Å². The Morgan fingerprint density at radius 2 is 2.21 bits per heavy atom. The van der Waals surface area contributed by atoms with Gasteiger partial charge in [-0.2, -0.15) is 0 Å².